The zero-order chi connectivity index (χ0) is 13.8. The molecule has 0 atom stereocenters. The van der Waals surface area contributed by atoms with Gasteiger partial charge >= 0.3 is 0 Å². The highest BCUT2D eigenvalue weighted by Crippen LogP contribution is 2.17. The topological polar surface area (TPSA) is 77.8 Å². The van der Waals surface area contributed by atoms with E-state index in [0.717, 1.165) is 17.7 Å². The number of benzene rings is 1. The van der Waals surface area contributed by atoms with Crippen LogP contribution in [-0.2, 0) is 12.8 Å². The third-order valence-electron chi connectivity index (χ3n) is 2.96. The Kier molecular flexibility index (Phi) is 3.41. The molecule has 5 nitrogen and oxygen atoms in total. The molecule has 20 heavy (non-hydrogen) atoms. The van der Waals surface area contributed by atoms with Crippen LogP contribution >= 0.6 is 0 Å². The van der Waals surface area contributed by atoms with E-state index in [2.05, 4.69) is 15.1 Å². The molecule has 2 heterocycles. The Hall–Kier alpha value is -2.69. The molecule has 3 rings (SSSR count). The van der Waals surface area contributed by atoms with Crippen LogP contribution in [0.5, 0.6) is 0 Å². The summed E-state index contributed by atoms with van der Waals surface area (Å²) in [6, 6.07) is 13.2. The first-order chi connectivity index (χ1) is 9.81. The van der Waals surface area contributed by atoms with Gasteiger partial charge < -0.3 is 10.3 Å². The largest absolute Gasteiger partial charge is 0.399 e. The van der Waals surface area contributed by atoms with E-state index in [-0.39, 0.29) is 0 Å². The zero-order valence-corrected chi connectivity index (χ0v) is 10.9. The van der Waals surface area contributed by atoms with Crippen LogP contribution in [0.4, 0.5) is 5.69 Å². The summed E-state index contributed by atoms with van der Waals surface area (Å²) in [6.45, 7) is 0. The van der Waals surface area contributed by atoms with Crippen molar-refractivity contribution in [3.63, 3.8) is 0 Å². The first-order valence-corrected chi connectivity index (χ1v) is 6.40. The van der Waals surface area contributed by atoms with Gasteiger partial charge in [0.05, 0.1) is 0 Å². The van der Waals surface area contributed by atoms with Crippen molar-refractivity contribution in [1.82, 2.24) is 15.1 Å². The number of aromatic nitrogens is 3. The summed E-state index contributed by atoms with van der Waals surface area (Å²) < 4.78 is 5.25. The number of anilines is 1. The number of hydrogen-bond acceptors (Lipinski definition) is 5. The summed E-state index contributed by atoms with van der Waals surface area (Å²) >= 11 is 0. The Morgan fingerprint density at radius 2 is 1.85 bits per heavy atom. The van der Waals surface area contributed by atoms with Crippen LogP contribution in [0.3, 0.4) is 0 Å². The van der Waals surface area contributed by atoms with Crippen LogP contribution < -0.4 is 5.73 Å². The van der Waals surface area contributed by atoms with Gasteiger partial charge in [0, 0.05) is 29.6 Å². The van der Waals surface area contributed by atoms with Gasteiger partial charge in [-0.1, -0.05) is 11.2 Å². The minimum Gasteiger partial charge on any atom is -0.399 e. The molecule has 0 bridgehead atoms. The van der Waals surface area contributed by atoms with Crippen molar-refractivity contribution >= 4 is 5.69 Å². The third kappa shape index (κ3) is 2.83. The number of nitrogens with zero attached hydrogens (tertiary/aromatic N) is 3. The molecule has 1 aromatic carbocycles. The molecule has 0 aliphatic rings. The van der Waals surface area contributed by atoms with Crippen molar-refractivity contribution in [3.05, 3.63) is 60.2 Å². The molecule has 0 unspecified atom stereocenters. The van der Waals surface area contributed by atoms with Gasteiger partial charge in [-0.3, -0.25) is 4.98 Å². The maximum absolute atomic E-state index is 5.65. The molecule has 0 spiro atoms. The van der Waals surface area contributed by atoms with Gasteiger partial charge in [0.2, 0.25) is 11.7 Å². The van der Waals surface area contributed by atoms with Gasteiger partial charge in [-0.05, 0) is 42.8 Å². The smallest absolute Gasteiger partial charge is 0.227 e. The number of nitrogens with two attached hydrogens (primary N) is 1. The molecule has 0 amide bonds. The van der Waals surface area contributed by atoms with Crippen molar-refractivity contribution < 1.29 is 4.52 Å². The molecule has 0 aliphatic carbocycles. The summed E-state index contributed by atoms with van der Waals surface area (Å²) in [6.07, 6.45) is 3.24. The van der Waals surface area contributed by atoms with E-state index in [4.69, 9.17) is 10.3 Å². The lowest BCUT2D eigenvalue weighted by Gasteiger charge is -1.96. The fourth-order valence-corrected chi connectivity index (χ4v) is 1.89. The predicted molar refractivity (Wildman–Crippen MR) is 75.8 cm³/mol. The molecule has 0 fully saturated rings. The molecule has 2 N–H and O–H groups in total. The molecule has 0 saturated carbocycles. The molecule has 0 saturated heterocycles. The van der Waals surface area contributed by atoms with E-state index in [1.54, 1.807) is 6.20 Å². The van der Waals surface area contributed by atoms with Gasteiger partial charge in [-0.15, -0.1) is 0 Å². The molecule has 3 aromatic rings. The number of hydrogen-bond donors (Lipinski definition) is 1. The van der Waals surface area contributed by atoms with Gasteiger partial charge in [0.15, 0.2) is 0 Å². The molecule has 5 heteroatoms. The van der Waals surface area contributed by atoms with E-state index >= 15 is 0 Å². The second-order valence-corrected chi connectivity index (χ2v) is 4.45. The summed E-state index contributed by atoms with van der Waals surface area (Å²) in [5.41, 5.74) is 8.28. The Bertz CT molecular complexity index is 677. The first-order valence-electron chi connectivity index (χ1n) is 6.40. The van der Waals surface area contributed by atoms with Crippen LogP contribution in [0, 0.1) is 0 Å². The van der Waals surface area contributed by atoms with Crippen molar-refractivity contribution in [2.75, 3.05) is 5.73 Å². The fraction of sp³-hybridized carbons (Fsp3) is 0.133. The van der Waals surface area contributed by atoms with Crippen molar-refractivity contribution in [1.29, 1.82) is 0 Å². The molecule has 2 aromatic heterocycles. The fourth-order valence-electron chi connectivity index (χ4n) is 1.89. The summed E-state index contributed by atoms with van der Waals surface area (Å²) in [5, 5.41) is 3.98. The highest BCUT2D eigenvalue weighted by molar-refractivity contribution is 5.57. The average Bonchev–Trinajstić information content (AvgIpc) is 2.96. The maximum atomic E-state index is 5.65. The van der Waals surface area contributed by atoms with E-state index in [0.29, 0.717) is 23.8 Å². The van der Waals surface area contributed by atoms with Crippen molar-refractivity contribution in [2.24, 2.45) is 0 Å². The zero-order valence-electron chi connectivity index (χ0n) is 10.9. The Labute approximate surface area is 116 Å². The van der Waals surface area contributed by atoms with Gasteiger partial charge in [0.25, 0.3) is 0 Å². The Morgan fingerprint density at radius 3 is 2.60 bits per heavy atom. The number of aryl methyl sites for hydroxylation is 2. The van der Waals surface area contributed by atoms with Crippen molar-refractivity contribution in [3.8, 4) is 11.4 Å². The lowest BCUT2D eigenvalue weighted by molar-refractivity contribution is 0.378. The highest BCUT2D eigenvalue weighted by atomic mass is 16.5. The van der Waals surface area contributed by atoms with E-state index in [9.17, 15) is 0 Å². The number of rotatable bonds is 4. The van der Waals surface area contributed by atoms with Gasteiger partial charge in [0.1, 0.15) is 0 Å². The molecular weight excluding hydrogens is 252 g/mol. The monoisotopic (exact) mass is 266 g/mol. The van der Waals surface area contributed by atoms with Crippen LogP contribution in [0.25, 0.3) is 11.4 Å². The number of nitrogen functional groups attached to an aromatic ring is 1. The average molecular weight is 266 g/mol. The maximum Gasteiger partial charge on any atom is 0.227 e. The van der Waals surface area contributed by atoms with E-state index < -0.39 is 0 Å². The standard InChI is InChI=1S/C15H14N4O/c16-12-6-4-11(5-7-12)15-18-14(20-19-15)9-8-13-3-1-2-10-17-13/h1-7,10H,8-9,16H2. The minimum absolute atomic E-state index is 0.584. The number of pyridine rings is 1. The van der Waals surface area contributed by atoms with E-state index in [1.165, 1.54) is 0 Å². The summed E-state index contributed by atoms with van der Waals surface area (Å²) in [4.78, 5) is 8.64. The van der Waals surface area contributed by atoms with Crippen LogP contribution in [-0.4, -0.2) is 15.1 Å². The molecule has 100 valence electrons. The van der Waals surface area contributed by atoms with Crippen LogP contribution in [0.1, 0.15) is 11.6 Å². The Balaban J connectivity index is 1.69. The van der Waals surface area contributed by atoms with Crippen LogP contribution in [0.15, 0.2) is 53.2 Å². The van der Waals surface area contributed by atoms with Crippen molar-refractivity contribution in [2.45, 2.75) is 12.8 Å². The normalized spacial score (nSPS) is 10.6. The second-order valence-electron chi connectivity index (χ2n) is 4.45. The lowest BCUT2D eigenvalue weighted by atomic mass is 10.2. The molecule has 0 aliphatic heterocycles. The first kappa shape index (κ1) is 12.3. The second kappa shape index (κ2) is 5.52. The summed E-state index contributed by atoms with van der Waals surface area (Å²) in [7, 11) is 0. The quantitative estimate of drug-likeness (QED) is 0.734. The Morgan fingerprint density at radius 1 is 1.00 bits per heavy atom. The van der Waals surface area contributed by atoms with Crippen LogP contribution in [0.2, 0.25) is 0 Å². The lowest BCUT2D eigenvalue weighted by Crippen LogP contribution is -1.94. The van der Waals surface area contributed by atoms with Gasteiger partial charge in [-0.25, -0.2) is 0 Å². The summed E-state index contributed by atoms with van der Waals surface area (Å²) in [5.74, 6) is 1.20. The SMILES string of the molecule is Nc1ccc(-c2noc(CCc3ccccn3)n2)cc1. The highest BCUT2D eigenvalue weighted by Gasteiger charge is 2.08. The van der Waals surface area contributed by atoms with Gasteiger partial charge in [-0.2, -0.15) is 4.98 Å². The predicted octanol–water partition coefficient (Wildman–Crippen LogP) is 2.50. The molecular formula is C15H14N4O. The third-order valence-corrected chi connectivity index (χ3v) is 2.96. The van der Waals surface area contributed by atoms with E-state index in [1.807, 2.05) is 42.5 Å². The molecule has 0 radical (unpaired) electrons. The minimum atomic E-state index is 0.584.